The van der Waals surface area contributed by atoms with E-state index >= 15 is 0 Å². The van der Waals surface area contributed by atoms with Gasteiger partial charge in [0, 0.05) is 17.4 Å². The van der Waals surface area contributed by atoms with E-state index in [1.54, 1.807) is 18.2 Å². The minimum absolute atomic E-state index is 0.0235. The largest absolute Gasteiger partial charge is 0.486 e. The molecule has 0 bridgehead atoms. The van der Waals surface area contributed by atoms with E-state index in [1.807, 2.05) is 23.1 Å². The molecule has 0 aliphatic carbocycles. The maximum absolute atomic E-state index is 14.0. The molecule has 1 fully saturated rings. The van der Waals surface area contributed by atoms with Crippen molar-refractivity contribution in [3.05, 3.63) is 59.5 Å². The van der Waals surface area contributed by atoms with Gasteiger partial charge in [0.05, 0.1) is 6.04 Å². The highest BCUT2D eigenvalue weighted by molar-refractivity contribution is 5.98. The zero-order valence-corrected chi connectivity index (χ0v) is 14.7. The summed E-state index contributed by atoms with van der Waals surface area (Å²) in [6.07, 6.45) is 1.82. The monoisotopic (exact) mass is 366 g/mol. The summed E-state index contributed by atoms with van der Waals surface area (Å²) in [4.78, 5) is 18.0. The molecule has 0 spiro atoms. The number of amides is 1. The van der Waals surface area contributed by atoms with Crippen molar-refractivity contribution in [2.24, 2.45) is 0 Å². The number of hydrogen-bond donors (Lipinski definition) is 1. The first-order valence-corrected chi connectivity index (χ1v) is 9.18. The molecule has 5 nitrogen and oxygen atoms in total. The molecule has 2 aliphatic heterocycles. The molecule has 27 heavy (non-hydrogen) atoms. The van der Waals surface area contributed by atoms with Gasteiger partial charge in [-0.2, -0.15) is 0 Å². The third-order valence-electron chi connectivity index (χ3n) is 5.31. The highest BCUT2D eigenvalue weighted by atomic mass is 19.1. The van der Waals surface area contributed by atoms with Crippen molar-refractivity contribution in [2.75, 3.05) is 19.8 Å². The highest BCUT2D eigenvalue weighted by Crippen LogP contribution is 2.38. The Morgan fingerprint density at radius 3 is 2.81 bits per heavy atom. The normalized spacial score (nSPS) is 18.9. The van der Waals surface area contributed by atoms with Gasteiger partial charge in [-0.25, -0.2) is 4.39 Å². The number of benzene rings is 2. The van der Waals surface area contributed by atoms with Crippen molar-refractivity contribution in [3.8, 4) is 11.5 Å². The molecule has 1 saturated heterocycles. The Kier molecular flexibility index (Phi) is 3.77. The van der Waals surface area contributed by atoms with Crippen LogP contribution in [0.3, 0.4) is 0 Å². The highest BCUT2D eigenvalue weighted by Gasteiger charge is 2.32. The van der Waals surface area contributed by atoms with E-state index in [9.17, 15) is 9.18 Å². The molecule has 1 amide bonds. The standard InChI is InChI=1S/C21H19FN2O3/c22-15-3-1-4-16-14(15)12-17(23-16)21(25)24-8-2-5-18(24)13-6-7-19-20(11-13)27-10-9-26-19/h1,3-4,6-7,11-12,18,23H,2,5,8-10H2. The number of carbonyl (C=O) groups excluding carboxylic acids is 1. The Morgan fingerprint density at radius 2 is 1.96 bits per heavy atom. The maximum Gasteiger partial charge on any atom is 0.270 e. The summed E-state index contributed by atoms with van der Waals surface area (Å²) in [5.41, 5.74) is 2.08. The lowest BCUT2D eigenvalue weighted by Crippen LogP contribution is -2.30. The number of aromatic nitrogens is 1. The number of carbonyl (C=O) groups is 1. The van der Waals surface area contributed by atoms with Crippen LogP contribution in [-0.2, 0) is 0 Å². The van der Waals surface area contributed by atoms with Crippen molar-refractivity contribution < 1.29 is 18.7 Å². The number of nitrogens with zero attached hydrogens (tertiary/aromatic N) is 1. The number of H-pyrrole nitrogens is 1. The Balaban J connectivity index is 1.46. The summed E-state index contributed by atoms with van der Waals surface area (Å²) >= 11 is 0. The van der Waals surface area contributed by atoms with E-state index in [1.165, 1.54) is 6.07 Å². The second kappa shape index (κ2) is 6.30. The molecular formula is C21H19FN2O3. The van der Waals surface area contributed by atoms with Gasteiger partial charge in [-0.1, -0.05) is 12.1 Å². The fraction of sp³-hybridized carbons (Fsp3) is 0.286. The zero-order valence-electron chi connectivity index (χ0n) is 14.7. The van der Waals surface area contributed by atoms with Gasteiger partial charge in [0.2, 0.25) is 0 Å². The number of likely N-dealkylation sites (tertiary alicyclic amines) is 1. The van der Waals surface area contributed by atoms with Crippen molar-refractivity contribution in [2.45, 2.75) is 18.9 Å². The SMILES string of the molecule is O=C(c1cc2c(F)cccc2[nH]1)N1CCCC1c1ccc2c(c1)OCCO2. The van der Waals surface area contributed by atoms with Gasteiger partial charge in [-0.15, -0.1) is 0 Å². The molecule has 1 unspecified atom stereocenters. The van der Waals surface area contributed by atoms with E-state index in [4.69, 9.17) is 9.47 Å². The van der Waals surface area contributed by atoms with Crippen LogP contribution in [-0.4, -0.2) is 35.5 Å². The molecule has 3 heterocycles. The summed E-state index contributed by atoms with van der Waals surface area (Å²) in [6, 6.07) is 12.3. The Bertz CT molecular complexity index is 1030. The molecule has 1 atom stereocenters. The lowest BCUT2D eigenvalue weighted by atomic mass is 10.0. The lowest BCUT2D eigenvalue weighted by Gasteiger charge is -2.26. The van der Waals surface area contributed by atoms with Crippen LogP contribution < -0.4 is 9.47 Å². The first kappa shape index (κ1) is 16.2. The van der Waals surface area contributed by atoms with E-state index in [-0.39, 0.29) is 17.8 Å². The van der Waals surface area contributed by atoms with E-state index in [2.05, 4.69) is 4.98 Å². The minimum Gasteiger partial charge on any atom is -0.486 e. The van der Waals surface area contributed by atoms with Crippen LogP contribution in [0.2, 0.25) is 0 Å². The molecule has 6 heteroatoms. The Morgan fingerprint density at radius 1 is 1.11 bits per heavy atom. The molecule has 2 aliphatic rings. The summed E-state index contributed by atoms with van der Waals surface area (Å²) in [6.45, 7) is 1.76. The fourth-order valence-corrected chi connectivity index (χ4v) is 4.01. The lowest BCUT2D eigenvalue weighted by molar-refractivity contribution is 0.0730. The molecule has 0 saturated carbocycles. The van der Waals surface area contributed by atoms with E-state index in [0.717, 1.165) is 29.9 Å². The zero-order chi connectivity index (χ0) is 18.4. The van der Waals surface area contributed by atoms with Gasteiger partial charge < -0.3 is 19.4 Å². The van der Waals surface area contributed by atoms with Gasteiger partial charge in [0.25, 0.3) is 5.91 Å². The number of rotatable bonds is 2. The molecule has 3 aromatic rings. The number of ether oxygens (including phenoxy) is 2. The average Bonchev–Trinajstić information content (AvgIpc) is 3.35. The topological polar surface area (TPSA) is 54.6 Å². The Labute approximate surface area is 155 Å². The first-order chi connectivity index (χ1) is 13.2. The number of nitrogens with one attached hydrogen (secondary N) is 1. The third-order valence-corrected chi connectivity index (χ3v) is 5.31. The van der Waals surface area contributed by atoms with Crippen molar-refractivity contribution >= 4 is 16.8 Å². The van der Waals surface area contributed by atoms with Crippen LogP contribution in [0.1, 0.15) is 34.9 Å². The van der Waals surface area contributed by atoms with Gasteiger partial charge in [0.1, 0.15) is 24.7 Å². The average molecular weight is 366 g/mol. The fourth-order valence-electron chi connectivity index (χ4n) is 4.01. The summed E-state index contributed by atoms with van der Waals surface area (Å²) in [5.74, 6) is 1.04. The van der Waals surface area contributed by atoms with Crippen LogP contribution in [0.5, 0.6) is 11.5 Å². The summed E-state index contributed by atoms with van der Waals surface area (Å²) < 4.78 is 25.2. The molecule has 138 valence electrons. The van der Waals surface area contributed by atoms with Gasteiger partial charge in [-0.05, 0) is 48.7 Å². The molecule has 1 N–H and O–H groups in total. The number of fused-ring (bicyclic) bond motifs is 2. The van der Waals surface area contributed by atoms with Crippen LogP contribution in [0, 0.1) is 5.82 Å². The minimum atomic E-state index is -0.326. The van der Waals surface area contributed by atoms with E-state index in [0.29, 0.717) is 36.4 Å². The first-order valence-electron chi connectivity index (χ1n) is 9.18. The number of hydrogen-bond acceptors (Lipinski definition) is 3. The predicted molar refractivity (Wildman–Crippen MR) is 98.7 cm³/mol. The van der Waals surface area contributed by atoms with Crippen molar-refractivity contribution in [3.63, 3.8) is 0 Å². The number of halogens is 1. The smallest absolute Gasteiger partial charge is 0.270 e. The molecule has 2 aromatic carbocycles. The summed E-state index contributed by atoms with van der Waals surface area (Å²) in [7, 11) is 0. The third kappa shape index (κ3) is 2.72. The second-order valence-electron chi connectivity index (χ2n) is 6.94. The molecule has 1 aromatic heterocycles. The van der Waals surface area contributed by atoms with Crippen molar-refractivity contribution in [1.82, 2.24) is 9.88 Å². The van der Waals surface area contributed by atoms with Crippen LogP contribution in [0.15, 0.2) is 42.5 Å². The van der Waals surface area contributed by atoms with Crippen LogP contribution in [0.4, 0.5) is 4.39 Å². The molecular weight excluding hydrogens is 347 g/mol. The second-order valence-corrected chi connectivity index (χ2v) is 6.94. The predicted octanol–water partition coefficient (Wildman–Crippen LogP) is 4.06. The van der Waals surface area contributed by atoms with Crippen LogP contribution in [0.25, 0.3) is 10.9 Å². The van der Waals surface area contributed by atoms with Crippen molar-refractivity contribution in [1.29, 1.82) is 0 Å². The van der Waals surface area contributed by atoms with Gasteiger partial charge in [0.15, 0.2) is 11.5 Å². The number of aromatic amines is 1. The maximum atomic E-state index is 14.0. The molecule has 0 radical (unpaired) electrons. The van der Waals surface area contributed by atoms with Crippen LogP contribution >= 0.6 is 0 Å². The quantitative estimate of drug-likeness (QED) is 0.744. The Hall–Kier alpha value is -3.02. The molecule has 5 rings (SSSR count). The summed E-state index contributed by atoms with van der Waals surface area (Å²) in [5, 5.41) is 0.441. The van der Waals surface area contributed by atoms with Gasteiger partial charge in [-0.3, -0.25) is 4.79 Å². The van der Waals surface area contributed by atoms with E-state index < -0.39 is 0 Å². The van der Waals surface area contributed by atoms with Gasteiger partial charge >= 0.3 is 0 Å².